The molecule has 1 atom stereocenters. The maximum Gasteiger partial charge on any atom is 0.225 e. The summed E-state index contributed by atoms with van der Waals surface area (Å²) in [6.07, 6.45) is 3.94. The Labute approximate surface area is 166 Å². The van der Waals surface area contributed by atoms with Crippen molar-refractivity contribution in [2.45, 2.75) is 39.7 Å². The van der Waals surface area contributed by atoms with E-state index in [9.17, 15) is 0 Å². The van der Waals surface area contributed by atoms with Crippen molar-refractivity contribution in [2.75, 3.05) is 48.9 Å². The maximum atomic E-state index is 5.45. The number of nitrogens with one attached hydrogen (secondary N) is 2. The Bertz CT molecular complexity index is 848. The highest BCUT2D eigenvalue weighted by molar-refractivity contribution is 5.46. The minimum Gasteiger partial charge on any atom is -0.378 e. The molecule has 28 heavy (non-hydrogen) atoms. The Balaban J connectivity index is 1.63. The number of nitrogens with zero attached hydrogens (tertiary/aromatic N) is 5. The third kappa shape index (κ3) is 4.01. The third-order valence-corrected chi connectivity index (χ3v) is 5.36. The van der Waals surface area contributed by atoms with E-state index in [2.05, 4.69) is 44.3 Å². The zero-order valence-corrected chi connectivity index (χ0v) is 17.1. The standard InChI is InChI=1S/C20H29N7O/c1-13-9-17(26-18(21-4)23-13)24-15-10-20(2,3)11-16-14(15)12-22-19(25-16)27-5-7-28-8-6-27/h9,12,15H,5-8,10-11H2,1-4H3,(H2,21,23,24,26)/t15-/m1/s1. The van der Waals surface area contributed by atoms with E-state index in [1.807, 2.05) is 26.2 Å². The van der Waals surface area contributed by atoms with Crippen molar-refractivity contribution in [3.63, 3.8) is 0 Å². The van der Waals surface area contributed by atoms with Crippen molar-refractivity contribution >= 4 is 17.7 Å². The number of rotatable bonds is 4. The van der Waals surface area contributed by atoms with Gasteiger partial charge >= 0.3 is 0 Å². The summed E-state index contributed by atoms with van der Waals surface area (Å²) in [5.74, 6) is 2.26. The summed E-state index contributed by atoms with van der Waals surface area (Å²) < 4.78 is 5.45. The summed E-state index contributed by atoms with van der Waals surface area (Å²) in [6.45, 7) is 9.72. The fourth-order valence-corrected chi connectivity index (χ4v) is 4.01. The van der Waals surface area contributed by atoms with Crippen LogP contribution in [0.4, 0.5) is 17.7 Å². The quantitative estimate of drug-likeness (QED) is 0.833. The molecular weight excluding hydrogens is 354 g/mol. The zero-order valence-electron chi connectivity index (χ0n) is 17.1. The molecule has 0 radical (unpaired) electrons. The first-order valence-corrected chi connectivity index (χ1v) is 9.92. The molecule has 0 unspecified atom stereocenters. The average Bonchev–Trinajstić information content (AvgIpc) is 2.67. The molecular formula is C20H29N7O. The zero-order chi connectivity index (χ0) is 19.7. The topological polar surface area (TPSA) is 88.1 Å². The van der Waals surface area contributed by atoms with E-state index in [1.165, 1.54) is 5.56 Å². The first-order chi connectivity index (χ1) is 13.4. The largest absolute Gasteiger partial charge is 0.378 e. The van der Waals surface area contributed by atoms with E-state index in [-0.39, 0.29) is 11.5 Å². The van der Waals surface area contributed by atoms with Gasteiger partial charge in [-0.15, -0.1) is 0 Å². The molecule has 8 heteroatoms. The summed E-state index contributed by atoms with van der Waals surface area (Å²) in [5, 5.41) is 6.62. The number of anilines is 3. The molecule has 150 valence electrons. The first-order valence-electron chi connectivity index (χ1n) is 9.92. The molecule has 1 aliphatic carbocycles. The summed E-state index contributed by atoms with van der Waals surface area (Å²) in [5.41, 5.74) is 3.37. The van der Waals surface area contributed by atoms with Crippen LogP contribution in [0.1, 0.15) is 43.3 Å². The fraction of sp³-hybridized carbons (Fsp3) is 0.600. The number of fused-ring (bicyclic) bond motifs is 1. The van der Waals surface area contributed by atoms with Gasteiger partial charge in [0.05, 0.1) is 24.9 Å². The fourth-order valence-electron chi connectivity index (χ4n) is 4.01. The second kappa shape index (κ2) is 7.50. The van der Waals surface area contributed by atoms with Crippen molar-refractivity contribution < 1.29 is 4.74 Å². The van der Waals surface area contributed by atoms with Crippen LogP contribution in [0.3, 0.4) is 0 Å². The van der Waals surface area contributed by atoms with E-state index in [0.717, 1.165) is 62.3 Å². The van der Waals surface area contributed by atoms with E-state index >= 15 is 0 Å². The number of hydrogen-bond acceptors (Lipinski definition) is 8. The minimum atomic E-state index is 0.122. The van der Waals surface area contributed by atoms with Crippen LogP contribution < -0.4 is 15.5 Å². The Kier molecular flexibility index (Phi) is 5.05. The molecule has 2 N–H and O–H groups in total. The molecule has 1 aliphatic heterocycles. The van der Waals surface area contributed by atoms with Gasteiger partial charge in [-0.05, 0) is 25.2 Å². The van der Waals surface area contributed by atoms with Crippen LogP contribution >= 0.6 is 0 Å². The van der Waals surface area contributed by atoms with Crippen LogP contribution in [0.2, 0.25) is 0 Å². The van der Waals surface area contributed by atoms with Crippen molar-refractivity contribution in [2.24, 2.45) is 5.41 Å². The van der Waals surface area contributed by atoms with Gasteiger partial charge in [-0.2, -0.15) is 4.98 Å². The summed E-state index contributed by atoms with van der Waals surface area (Å²) >= 11 is 0. The van der Waals surface area contributed by atoms with Gasteiger partial charge in [0.25, 0.3) is 0 Å². The molecule has 3 heterocycles. The Morgan fingerprint density at radius 1 is 1.18 bits per heavy atom. The molecule has 2 aromatic heterocycles. The highest BCUT2D eigenvalue weighted by atomic mass is 16.5. The van der Waals surface area contributed by atoms with Crippen LogP contribution in [-0.4, -0.2) is 53.3 Å². The molecule has 0 aromatic carbocycles. The summed E-state index contributed by atoms with van der Waals surface area (Å²) in [7, 11) is 1.83. The molecule has 0 spiro atoms. The Morgan fingerprint density at radius 3 is 2.71 bits per heavy atom. The molecule has 2 aliphatic rings. The van der Waals surface area contributed by atoms with Gasteiger partial charge in [-0.1, -0.05) is 13.8 Å². The monoisotopic (exact) mass is 383 g/mol. The van der Waals surface area contributed by atoms with Crippen LogP contribution in [0, 0.1) is 12.3 Å². The third-order valence-electron chi connectivity index (χ3n) is 5.36. The van der Waals surface area contributed by atoms with Crippen LogP contribution in [0.25, 0.3) is 0 Å². The lowest BCUT2D eigenvalue weighted by molar-refractivity contribution is 0.122. The van der Waals surface area contributed by atoms with Gasteiger partial charge in [-0.25, -0.2) is 15.0 Å². The average molecular weight is 384 g/mol. The van der Waals surface area contributed by atoms with Gasteiger partial charge < -0.3 is 20.3 Å². The number of aryl methyl sites for hydroxylation is 1. The van der Waals surface area contributed by atoms with Crippen molar-refractivity contribution in [1.29, 1.82) is 0 Å². The SMILES string of the molecule is CNc1nc(C)cc(N[C@@H]2CC(C)(C)Cc3nc(N4CCOCC4)ncc32)n1. The van der Waals surface area contributed by atoms with Crippen molar-refractivity contribution in [3.05, 3.63) is 29.2 Å². The van der Waals surface area contributed by atoms with Crippen LogP contribution in [-0.2, 0) is 11.2 Å². The summed E-state index contributed by atoms with van der Waals surface area (Å²) in [6, 6.07) is 2.10. The van der Waals surface area contributed by atoms with E-state index < -0.39 is 0 Å². The predicted octanol–water partition coefficient (Wildman–Crippen LogP) is 2.58. The maximum absolute atomic E-state index is 5.45. The van der Waals surface area contributed by atoms with Crippen molar-refractivity contribution in [1.82, 2.24) is 19.9 Å². The smallest absolute Gasteiger partial charge is 0.225 e. The molecule has 0 saturated carbocycles. The summed E-state index contributed by atoms with van der Waals surface area (Å²) in [4.78, 5) is 20.8. The normalized spacial score (nSPS) is 21.1. The molecule has 1 saturated heterocycles. The van der Waals surface area contributed by atoms with E-state index in [1.54, 1.807) is 0 Å². The van der Waals surface area contributed by atoms with Crippen molar-refractivity contribution in [3.8, 4) is 0 Å². The second-order valence-electron chi connectivity index (χ2n) is 8.38. The molecule has 8 nitrogen and oxygen atoms in total. The van der Waals surface area contributed by atoms with Gasteiger partial charge in [0.15, 0.2) is 0 Å². The molecule has 4 rings (SSSR count). The number of aromatic nitrogens is 4. The number of ether oxygens (including phenoxy) is 1. The van der Waals surface area contributed by atoms with Crippen LogP contribution in [0.15, 0.2) is 12.3 Å². The minimum absolute atomic E-state index is 0.122. The van der Waals surface area contributed by atoms with E-state index in [4.69, 9.17) is 9.72 Å². The van der Waals surface area contributed by atoms with Gasteiger partial charge in [0.1, 0.15) is 5.82 Å². The second-order valence-corrected chi connectivity index (χ2v) is 8.38. The number of hydrogen-bond donors (Lipinski definition) is 2. The van der Waals surface area contributed by atoms with Gasteiger partial charge in [0.2, 0.25) is 11.9 Å². The van der Waals surface area contributed by atoms with Gasteiger partial charge in [0, 0.05) is 43.7 Å². The van der Waals surface area contributed by atoms with Crippen LogP contribution in [0.5, 0.6) is 0 Å². The lowest BCUT2D eigenvalue weighted by Gasteiger charge is -2.37. The van der Waals surface area contributed by atoms with E-state index in [0.29, 0.717) is 5.95 Å². The van der Waals surface area contributed by atoms with Gasteiger partial charge in [-0.3, -0.25) is 0 Å². The molecule has 0 amide bonds. The first kappa shape index (κ1) is 18.9. The molecule has 1 fully saturated rings. The highest BCUT2D eigenvalue weighted by Crippen LogP contribution is 2.41. The molecule has 0 bridgehead atoms. The highest BCUT2D eigenvalue weighted by Gasteiger charge is 2.34. The lowest BCUT2D eigenvalue weighted by Crippen LogP contribution is -2.38. The molecule has 2 aromatic rings. The Morgan fingerprint density at radius 2 is 1.96 bits per heavy atom. The Hall–Kier alpha value is -2.48. The predicted molar refractivity (Wildman–Crippen MR) is 110 cm³/mol. The lowest BCUT2D eigenvalue weighted by atomic mass is 9.74. The number of morpholine rings is 1.